The van der Waals surface area contributed by atoms with Crippen LogP contribution in [0.25, 0.3) is 0 Å². The lowest BCUT2D eigenvalue weighted by molar-refractivity contribution is -0.147. The van der Waals surface area contributed by atoms with Crippen molar-refractivity contribution in [3.05, 3.63) is 34.3 Å². The molecule has 98 valence electrons. The number of carbonyl (C=O) groups excluding carboxylic acids is 1. The number of hydrogen-bond acceptors (Lipinski definition) is 3. The van der Waals surface area contributed by atoms with E-state index in [1.165, 1.54) is 12.7 Å². The van der Waals surface area contributed by atoms with E-state index in [9.17, 15) is 4.79 Å². The van der Waals surface area contributed by atoms with Gasteiger partial charge >= 0.3 is 5.97 Å². The molecule has 0 heterocycles. The number of carbonyl (C=O) groups is 1. The monoisotopic (exact) mass is 311 g/mol. The van der Waals surface area contributed by atoms with Gasteiger partial charge in [0.25, 0.3) is 0 Å². The van der Waals surface area contributed by atoms with Crippen LogP contribution in [0.15, 0.2) is 28.7 Å². The first-order valence-electron chi connectivity index (χ1n) is 6.14. The van der Waals surface area contributed by atoms with E-state index in [0.29, 0.717) is 5.92 Å². The molecule has 0 amide bonds. The molecule has 1 saturated carbocycles. The fraction of sp³-hybridized carbons (Fsp3) is 0.500. The van der Waals surface area contributed by atoms with E-state index >= 15 is 0 Å². The smallest absolute Gasteiger partial charge is 0.323 e. The van der Waals surface area contributed by atoms with Crippen LogP contribution in [0.1, 0.15) is 18.4 Å². The van der Waals surface area contributed by atoms with E-state index in [1.807, 2.05) is 19.2 Å². The van der Waals surface area contributed by atoms with Crippen molar-refractivity contribution in [2.24, 2.45) is 5.92 Å². The molecular formula is C14H18BrNO2. The number of nitrogens with zero attached hydrogens (tertiary/aromatic N) is 1. The Bertz CT molecular complexity index is 432. The SMILES string of the molecule is COC(=O)C(C1CC1)N(C)Cc1cccc(Br)c1. The Hall–Kier alpha value is -0.870. The number of halogens is 1. The molecule has 1 aromatic rings. The summed E-state index contributed by atoms with van der Waals surface area (Å²) in [5.74, 6) is 0.351. The van der Waals surface area contributed by atoms with Gasteiger partial charge in [0.05, 0.1) is 7.11 Å². The number of methoxy groups -OCH3 is 1. The quantitative estimate of drug-likeness (QED) is 0.783. The Labute approximate surface area is 116 Å². The van der Waals surface area contributed by atoms with Crippen LogP contribution >= 0.6 is 15.9 Å². The largest absolute Gasteiger partial charge is 0.468 e. The summed E-state index contributed by atoms with van der Waals surface area (Å²) in [5, 5.41) is 0. The molecule has 0 N–H and O–H groups in total. The van der Waals surface area contributed by atoms with Gasteiger partial charge in [-0.25, -0.2) is 0 Å². The zero-order chi connectivity index (χ0) is 13.1. The minimum Gasteiger partial charge on any atom is -0.468 e. The molecule has 18 heavy (non-hydrogen) atoms. The molecule has 3 nitrogen and oxygen atoms in total. The third kappa shape index (κ3) is 3.33. The Kier molecular flexibility index (Phi) is 4.40. The average molecular weight is 312 g/mol. The Morgan fingerprint density at radius 2 is 2.28 bits per heavy atom. The van der Waals surface area contributed by atoms with Crippen LogP contribution in [0.5, 0.6) is 0 Å². The first kappa shape index (κ1) is 13.6. The predicted octanol–water partition coefficient (Wildman–Crippen LogP) is 2.83. The molecule has 1 aliphatic carbocycles. The van der Waals surface area contributed by atoms with E-state index in [0.717, 1.165) is 23.9 Å². The van der Waals surface area contributed by atoms with Crippen LogP contribution in [0.4, 0.5) is 0 Å². The van der Waals surface area contributed by atoms with Gasteiger partial charge in [0.1, 0.15) is 6.04 Å². The second-order valence-electron chi connectivity index (χ2n) is 4.85. The summed E-state index contributed by atoms with van der Waals surface area (Å²) in [6.45, 7) is 0.760. The standard InChI is InChI=1S/C14H18BrNO2/c1-16(9-10-4-3-5-12(15)8-10)13(11-6-7-11)14(17)18-2/h3-5,8,11,13H,6-7,9H2,1-2H3. The molecule has 1 fully saturated rings. The summed E-state index contributed by atoms with van der Waals surface area (Å²) >= 11 is 3.46. The predicted molar refractivity (Wildman–Crippen MR) is 74.1 cm³/mol. The summed E-state index contributed by atoms with van der Waals surface area (Å²) in [6.07, 6.45) is 2.26. The molecule has 0 aromatic heterocycles. The molecule has 0 saturated heterocycles. The van der Waals surface area contributed by atoms with E-state index in [-0.39, 0.29) is 12.0 Å². The highest BCUT2D eigenvalue weighted by Gasteiger charge is 2.39. The second kappa shape index (κ2) is 5.85. The van der Waals surface area contributed by atoms with Crippen molar-refractivity contribution in [1.82, 2.24) is 4.90 Å². The van der Waals surface area contributed by atoms with Crippen molar-refractivity contribution in [2.45, 2.75) is 25.4 Å². The van der Waals surface area contributed by atoms with Gasteiger partial charge in [0, 0.05) is 11.0 Å². The highest BCUT2D eigenvalue weighted by molar-refractivity contribution is 9.10. The minimum atomic E-state index is -0.116. The number of hydrogen-bond donors (Lipinski definition) is 0. The van der Waals surface area contributed by atoms with E-state index < -0.39 is 0 Å². The first-order valence-corrected chi connectivity index (χ1v) is 6.93. The van der Waals surface area contributed by atoms with Gasteiger partial charge in [-0.15, -0.1) is 0 Å². The molecule has 4 heteroatoms. The number of likely N-dealkylation sites (N-methyl/N-ethyl adjacent to an activating group) is 1. The second-order valence-corrected chi connectivity index (χ2v) is 5.77. The van der Waals surface area contributed by atoms with Crippen molar-refractivity contribution in [1.29, 1.82) is 0 Å². The van der Waals surface area contributed by atoms with Crippen molar-refractivity contribution < 1.29 is 9.53 Å². The Morgan fingerprint density at radius 1 is 1.56 bits per heavy atom. The van der Waals surface area contributed by atoms with Gasteiger partial charge in [0.2, 0.25) is 0 Å². The van der Waals surface area contributed by atoms with Crippen molar-refractivity contribution >= 4 is 21.9 Å². The highest BCUT2D eigenvalue weighted by atomic mass is 79.9. The number of ether oxygens (including phenoxy) is 1. The molecule has 0 aliphatic heterocycles. The molecule has 0 radical (unpaired) electrons. The lowest BCUT2D eigenvalue weighted by Gasteiger charge is -2.25. The van der Waals surface area contributed by atoms with Crippen LogP contribution < -0.4 is 0 Å². The molecule has 1 atom stereocenters. The molecule has 0 spiro atoms. The number of rotatable bonds is 5. The molecule has 1 aromatic carbocycles. The average Bonchev–Trinajstić information content (AvgIpc) is 3.13. The lowest BCUT2D eigenvalue weighted by Crippen LogP contribution is -2.40. The lowest BCUT2D eigenvalue weighted by atomic mass is 10.1. The summed E-state index contributed by atoms with van der Waals surface area (Å²) in [6, 6.07) is 8.06. The van der Waals surface area contributed by atoms with Gasteiger partial charge in [-0.2, -0.15) is 0 Å². The van der Waals surface area contributed by atoms with E-state index in [4.69, 9.17) is 4.74 Å². The van der Waals surface area contributed by atoms with Gasteiger partial charge < -0.3 is 4.74 Å². The van der Waals surface area contributed by atoms with Crippen LogP contribution in [0, 0.1) is 5.92 Å². The van der Waals surface area contributed by atoms with Crippen molar-refractivity contribution in [2.75, 3.05) is 14.2 Å². The van der Waals surface area contributed by atoms with Crippen LogP contribution in [0.3, 0.4) is 0 Å². The molecular weight excluding hydrogens is 294 g/mol. The topological polar surface area (TPSA) is 29.5 Å². The van der Waals surface area contributed by atoms with Crippen LogP contribution in [0.2, 0.25) is 0 Å². The van der Waals surface area contributed by atoms with Crippen LogP contribution in [-0.4, -0.2) is 31.1 Å². The maximum atomic E-state index is 11.8. The Balaban J connectivity index is 2.05. The molecule has 0 bridgehead atoms. The number of esters is 1. The van der Waals surface area contributed by atoms with Gasteiger partial charge in [-0.3, -0.25) is 9.69 Å². The summed E-state index contributed by atoms with van der Waals surface area (Å²) < 4.78 is 5.97. The zero-order valence-electron chi connectivity index (χ0n) is 10.7. The summed E-state index contributed by atoms with van der Waals surface area (Å²) in [5.41, 5.74) is 1.20. The number of benzene rings is 1. The van der Waals surface area contributed by atoms with Gasteiger partial charge in [0.15, 0.2) is 0 Å². The highest BCUT2D eigenvalue weighted by Crippen LogP contribution is 2.36. The zero-order valence-corrected chi connectivity index (χ0v) is 12.3. The normalized spacial score (nSPS) is 16.7. The summed E-state index contributed by atoms with van der Waals surface area (Å²) in [4.78, 5) is 13.9. The Morgan fingerprint density at radius 3 is 2.83 bits per heavy atom. The van der Waals surface area contributed by atoms with Crippen molar-refractivity contribution in [3.63, 3.8) is 0 Å². The summed E-state index contributed by atoms with van der Waals surface area (Å²) in [7, 11) is 3.45. The van der Waals surface area contributed by atoms with Crippen LogP contribution in [-0.2, 0) is 16.1 Å². The fourth-order valence-corrected chi connectivity index (χ4v) is 2.73. The fourth-order valence-electron chi connectivity index (χ4n) is 2.29. The third-order valence-electron chi connectivity index (χ3n) is 3.31. The van der Waals surface area contributed by atoms with Gasteiger partial charge in [-0.1, -0.05) is 28.1 Å². The third-order valence-corrected chi connectivity index (χ3v) is 3.80. The van der Waals surface area contributed by atoms with Crippen molar-refractivity contribution in [3.8, 4) is 0 Å². The first-order chi connectivity index (χ1) is 8.61. The molecule has 1 unspecified atom stereocenters. The minimum absolute atomic E-state index is 0.103. The van der Waals surface area contributed by atoms with Gasteiger partial charge in [-0.05, 0) is 43.5 Å². The molecule has 1 aliphatic rings. The maximum Gasteiger partial charge on any atom is 0.323 e. The van der Waals surface area contributed by atoms with E-state index in [1.54, 1.807) is 0 Å². The molecule has 2 rings (SSSR count). The maximum absolute atomic E-state index is 11.8. The van der Waals surface area contributed by atoms with E-state index in [2.05, 4.69) is 33.0 Å².